The third-order valence-corrected chi connectivity index (χ3v) is 4.00. The maximum atomic E-state index is 11.8. The normalized spacial score (nSPS) is 21.5. The predicted molar refractivity (Wildman–Crippen MR) is 79.6 cm³/mol. The van der Waals surface area contributed by atoms with Crippen LogP contribution in [0.3, 0.4) is 0 Å². The Morgan fingerprint density at radius 2 is 2.23 bits per heavy atom. The molecule has 1 aliphatic carbocycles. The molecule has 6 heteroatoms. The fourth-order valence-corrected chi connectivity index (χ4v) is 2.80. The molecule has 1 amide bonds. The molecule has 0 unspecified atom stereocenters. The van der Waals surface area contributed by atoms with Crippen molar-refractivity contribution in [2.24, 2.45) is 5.92 Å². The van der Waals surface area contributed by atoms with Crippen LogP contribution in [0.15, 0.2) is 10.5 Å². The Kier molecular flexibility index (Phi) is 5.60. The lowest BCUT2D eigenvalue weighted by molar-refractivity contribution is -0.129. The van der Waals surface area contributed by atoms with Crippen LogP contribution in [0.25, 0.3) is 0 Å². The van der Waals surface area contributed by atoms with E-state index < -0.39 is 5.97 Å². The molecule has 0 bridgehead atoms. The van der Waals surface area contributed by atoms with Crippen molar-refractivity contribution in [3.05, 3.63) is 23.2 Å². The van der Waals surface area contributed by atoms with Crippen molar-refractivity contribution in [2.45, 2.75) is 52.2 Å². The molecular formula is C16H23NO5. The Labute approximate surface area is 129 Å². The molecule has 22 heavy (non-hydrogen) atoms. The van der Waals surface area contributed by atoms with Gasteiger partial charge < -0.3 is 19.6 Å². The molecule has 0 spiro atoms. The summed E-state index contributed by atoms with van der Waals surface area (Å²) in [5.74, 6) is 0.166. The van der Waals surface area contributed by atoms with Gasteiger partial charge in [-0.15, -0.1) is 0 Å². The Balaban J connectivity index is 1.73. The number of aromatic carboxylic acids is 1. The van der Waals surface area contributed by atoms with E-state index in [1.54, 1.807) is 6.92 Å². The summed E-state index contributed by atoms with van der Waals surface area (Å²) in [5, 5.41) is 11.6. The van der Waals surface area contributed by atoms with Crippen LogP contribution in [-0.2, 0) is 16.1 Å². The molecule has 122 valence electrons. The number of carboxylic acids is 1. The number of aryl methyl sites for hydroxylation is 1. The molecule has 0 aromatic carbocycles. The second-order valence-corrected chi connectivity index (χ2v) is 5.97. The first kappa shape index (κ1) is 16.5. The highest BCUT2D eigenvalue weighted by molar-refractivity contribution is 5.88. The monoisotopic (exact) mass is 309 g/mol. The molecule has 2 N–H and O–H groups in total. The molecule has 1 aliphatic rings. The Morgan fingerprint density at radius 1 is 1.45 bits per heavy atom. The third-order valence-electron chi connectivity index (χ3n) is 4.00. The van der Waals surface area contributed by atoms with Crippen molar-refractivity contribution >= 4 is 11.9 Å². The number of nitrogens with one attached hydrogen (secondary N) is 1. The van der Waals surface area contributed by atoms with E-state index in [1.165, 1.54) is 12.5 Å². The number of furan rings is 1. The van der Waals surface area contributed by atoms with Gasteiger partial charge in [0.1, 0.15) is 23.7 Å². The fourth-order valence-electron chi connectivity index (χ4n) is 2.80. The highest BCUT2D eigenvalue weighted by Crippen LogP contribution is 2.25. The molecule has 1 aromatic rings. The second kappa shape index (κ2) is 7.45. The minimum absolute atomic E-state index is 0.0306. The Morgan fingerprint density at radius 3 is 2.86 bits per heavy atom. The summed E-state index contributed by atoms with van der Waals surface area (Å²) < 4.78 is 10.9. The topological polar surface area (TPSA) is 88.8 Å². The van der Waals surface area contributed by atoms with Crippen LogP contribution in [-0.4, -0.2) is 29.7 Å². The number of amides is 1. The number of hydrogen-bond acceptors (Lipinski definition) is 4. The third kappa shape index (κ3) is 4.59. The van der Waals surface area contributed by atoms with Gasteiger partial charge in [-0.1, -0.05) is 19.8 Å². The minimum atomic E-state index is -1.03. The first-order chi connectivity index (χ1) is 10.5. The summed E-state index contributed by atoms with van der Waals surface area (Å²) in [7, 11) is 0. The van der Waals surface area contributed by atoms with E-state index in [1.807, 2.05) is 0 Å². The van der Waals surface area contributed by atoms with Crippen molar-refractivity contribution < 1.29 is 23.8 Å². The number of carbonyl (C=O) groups is 2. The highest BCUT2D eigenvalue weighted by atomic mass is 16.5. The van der Waals surface area contributed by atoms with E-state index in [4.69, 9.17) is 14.3 Å². The van der Waals surface area contributed by atoms with Gasteiger partial charge in [0.25, 0.3) is 0 Å². The summed E-state index contributed by atoms with van der Waals surface area (Å²) in [6.45, 7) is 3.98. The molecule has 1 saturated carbocycles. The predicted octanol–water partition coefficient (Wildman–Crippen LogP) is 2.50. The molecule has 1 heterocycles. The molecule has 0 aliphatic heterocycles. The number of rotatable bonds is 6. The summed E-state index contributed by atoms with van der Waals surface area (Å²) in [5.41, 5.74) is 0.122. The van der Waals surface area contributed by atoms with Crippen LogP contribution >= 0.6 is 0 Å². The number of ether oxygens (including phenoxy) is 1. The zero-order valence-electron chi connectivity index (χ0n) is 13.1. The number of carbonyl (C=O) groups excluding carboxylic acids is 1. The van der Waals surface area contributed by atoms with E-state index in [0.29, 0.717) is 17.4 Å². The van der Waals surface area contributed by atoms with E-state index in [2.05, 4.69) is 12.2 Å². The van der Waals surface area contributed by atoms with Crippen molar-refractivity contribution in [2.75, 3.05) is 6.61 Å². The van der Waals surface area contributed by atoms with Crippen LogP contribution in [0.1, 0.15) is 54.5 Å². The first-order valence-corrected chi connectivity index (χ1v) is 7.66. The van der Waals surface area contributed by atoms with Gasteiger partial charge in [-0.2, -0.15) is 0 Å². The number of hydrogen-bond donors (Lipinski definition) is 2. The minimum Gasteiger partial charge on any atom is -0.478 e. The average molecular weight is 309 g/mol. The lowest BCUT2D eigenvalue weighted by Gasteiger charge is -2.26. The maximum absolute atomic E-state index is 11.8. The van der Waals surface area contributed by atoms with Gasteiger partial charge >= 0.3 is 5.97 Å². The van der Waals surface area contributed by atoms with Gasteiger partial charge in [-0.05, 0) is 31.7 Å². The Hall–Kier alpha value is -1.82. The van der Waals surface area contributed by atoms with Crippen molar-refractivity contribution in [3.8, 4) is 0 Å². The summed E-state index contributed by atoms with van der Waals surface area (Å²) in [6, 6.07) is 1.43. The van der Waals surface area contributed by atoms with Crippen LogP contribution in [0, 0.1) is 12.8 Å². The van der Waals surface area contributed by atoms with E-state index in [0.717, 1.165) is 19.3 Å². The van der Waals surface area contributed by atoms with Crippen molar-refractivity contribution in [1.29, 1.82) is 0 Å². The molecule has 2 atom stereocenters. The largest absolute Gasteiger partial charge is 0.478 e. The second-order valence-electron chi connectivity index (χ2n) is 5.97. The maximum Gasteiger partial charge on any atom is 0.339 e. The van der Waals surface area contributed by atoms with Gasteiger partial charge in [0.05, 0.1) is 12.6 Å². The lowest BCUT2D eigenvalue weighted by Crippen LogP contribution is -2.31. The molecule has 0 saturated heterocycles. The van der Waals surface area contributed by atoms with Crippen molar-refractivity contribution in [1.82, 2.24) is 5.32 Å². The van der Waals surface area contributed by atoms with Gasteiger partial charge in [0.15, 0.2) is 0 Å². The van der Waals surface area contributed by atoms with Crippen LogP contribution in [0.4, 0.5) is 0 Å². The molecule has 6 nitrogen and oxygen atoms in total. The average Bonchev–Trinajstić information content (AvgIpc) is 2.84. The van der Waals surface area contributed by atoms with Gasteiger partial charge in [0.2, 0.25) is 5.91 Å². The molecule has 1 fully saturated rings. The first-order valence-electron chi connectivity index (χ1n) is 7.66. The smallest absolute Gasteiger partial charge is 0.339 e. The molecule has 0 radical (unpaired) electrons. The molecular weight excluding hydrogens is 286 g/mol. The van der Waals surface area contributed by atoms with Crippen LogP contribution < -0.4 is 5.32 Å². The van der Waals surface area contributed by atoms with E-state index in [-0.39, 0.29) is 30.7 Å². The van der Waals surface area contributed by atoms with E-state index in [9.17, 15) is 9.59 Å². The van der Waals surface area contributed by atoms with Crippen LogP contribution in [0.2, 0.25) is 0 Å². The molecule has 2 rings (SSSR count). The number of carboxylic acid groups (broad SMARTS) is 1. The van der Waals surface area contributed by atoms with Crippen LogP contribution in [0.5, 0.6) is 0 Å². The van der Waals surface area contributed by atoms with Crippen molar-refractivity contribution in [3.63, 3.8) is 0 Å². The summed E-state index contributed by atoms with van der Waals surface area (Å²) in [4.78, 5) is 22.7. The van der Waals surface area contributed by atoms with Gasteiger partial charge in [0, 0.05) is 0 Å². The summed E-state index contributed by atoms with van der Waals surface area (Å²) >= 11 is 0. The summed E-state index contributed by atoms with van der Waals surface area (Å²) in [6.07, 6.45) is 4.57. The highest BCUT2D eigenvalue weighted by Gasteiger charge is 2.20. The zero-order valence-corrected chi connectivity index (χ0v) is 13.1. The van der Waals surface area contributed by atoms with E-state index >= 15 is 0 Å². The quantitative estimate of drug-likeness (QED) is 0.843. The zero-order chi connectivity index (χ0) is 16.1. The Bertz CT molecular complexity index is 537. The SMILES string of the molecule is Cc1oc(CNC(=O)CO[C@@H]2CCC[C@H](C)C2)cc1C(=O)O. The van der Waals surface area contributed by atoms with Gasteiger partial charge in [-0.3, -0.25) is 4.79 Å². The molecule has 1 aromatic heterocycles. The van der Waals surface area contributed by atoms with Gasteiger partial charge in [-0.25, -0.2) is 4.79 Å². The lowest BCUT2D eigenvalue weighted by atomic mass is 9.89. The fraction of sp³-hybridized carbons (Fsp3) is 0.625. The standard InChI is InChI=1S/C16H23NO5/c1-10-4-3-5-12(6-10)21-9-15(18)17-8-13-7-14(16(19)20)11(2)22-13/h7,10,12H,3-6,8-9H2,1-2H3,(H,17,18)(H,19,20)/t10-,12+/m0/s1.